The molecule has 4 rings (SSSR count). The van der Waals surface area contributed by atoms with Crippen LogP contribution >= 0.6 is 34.9 Å². The Labute approximate surface area is 268 Å². The first-order valence-corrected chi connectivity index (χ1v) is 15.4. The van der Waals surface area contributed by atoms with Gasteiger partial charge in [-0.05, 0) is 20.8 Å². The van der Waals surface area contributed by atoms with Crippen molar-refractivity contribution in [3.05, 3.63) is 39.7 Å². The quantitative estimate of drug-likeness (QED) is 0.0953. The van der Waals surface area contributed by atoms with Gasteiger partial charge >= 0.3 is 17.9 Å². The van der Waals surface area contributed by atoms with Crippen LogP contribution in [0.25, 0.3) is 0 Å². The molecule has 5 N–H and O–H groups in total. The molecule has 1 saturated heterocycles. The van der Waals surface area contributed by atoms with Crippen LogP contribution < -0.4 is 11.1 Å². The van der Waals surface area contributed by atoms with Gasteiger partial charge in [0, 0.05) is 28.7 Å². The summed E-state index contributed by atoms with van der Waals surface area (Å²) < 4.78 is 6.07. The Morgan fingerprint density at radius 3 is 2.38 bits per heavy atom. The molecule has 2 aromatic heterocycles. The number of nitrogens with two attached hydrogens (primary N) is 1. The van der Waals surface area contributed by atoms with Crippen LogP contribution in [-0.2, 0) is 35.8 Å². The molecule has 2 atom stereocenters. The number of aromatic nitrogens is 4. The molecular formula is C25H30N8O9S3. The second-order valence-corrected chi connectivity index (χ2v) is 13.2. The van der Waals surface area contributed by atoms with E-state index in [0.717, 1.165) is 39.8 Å². The van der Waals surface area contributed by atoms with Crippen LogP contribution in [-0.4, -0.2) is 102 Å². The zero-order chi connectivity index (χ0) is 33.8. The highest BCUT2D eigenvalue weighted by Gasteiger charge is 2.55. The Morgan fingerprint density at radius 2 is 1.87 bits per heavy atom. The second-order valence-electron chi connectivity index (χ2n) is 10.1. The van der Waals surface area contributed by atoms with Gasteiger partial charge in [-0.15, -0.1) is 21.5 Å². The summed E-state index contributed by atoms with van der Waals surface area (Å²) in [6.45, 7) is 8.96. The fourth-order valence-electron chi connectivity index (χ4n) is 3.58. The summed E-state index contributed by atoms with van der Waals surface area (Å²) in [5, 5.41) is 33.5. The molecule has 0 saturated carbocycles. The summed E-state index contributed by atoms with van der Waals surface area (Å²) in [6.07, 6.45) is 0. The molecule has 2 amide bonds. The molecule has 1 fully saturated rings. The minimum atomic E-state index is -1.34. The Balaban J connectivity index is 0.000000707. The Bertz CT molecular complexity index is 1610. The molecular weight excluding hydrogens is 653 g/mol. The molecule has 0 aliphatic carbocycles. The van der Waals surface area contributed by atoms with Gasteiger partial charge in [0.1, 0.15) is 29.9 Å². The van der Waals surface area contributed by atoms with Crippen LogP contribution in [0.1, 0.15) is 37.1 Å². The number of fused-ring (bicyclic) bond motifs is 1. The lowest BCUT2D eigenvalue weighted by Crippen LogP contribution is -2.70. The number of allylic oxidation sites excluding steroid dienone is 1. The average Bonchev–Trinajstić information content (AvgIpc) is 3.57. The van der Waals surface area contributed by atoms with Crippen LogP contribution in [0.4, 0.5) is 5.13 Å². The summed E-state index contributed by atoms with van der Waals surface area (Å²) >= 11 is 3.34. The summed E-state index contributed by atoms with van der Waals surface area (Å²) in [7, 11) is 4.03. The third kappa shape index (κ3) is 7.63. The van der Waals surface area contributed by atoms with Crippen molar-refractivity contribution in [2.75, 3.05) is 25.7 Å². The normalized spacial score (nSPS) is 17.9. The molecule has 17 nitrogen and oxygen atoms in total. The molecule has 20 heteroatoms. The number of ether oxygens (including phenoxy) is 1. The van der Waals surface area contributed by atoms with Crippen molar-refractivity contribution in [3.8, 4) is 0 Å². The molecule has 45 heavy (non-hydrogen) atoms. The van der Waals surface area contributed by atoms with Crippen LogP contribution in [0.2, 0.25) is 0 Å². The van der Waals surface area contributed by atoms with Gasteiger partial charge in [-0.3, -0.25) is 23.9 Å². The van der Waals surface area contributed by atoms with Gasteiger partial charge in [0.05, 0.1) is 12.5 Å². The smallest absolute Gasteiger partial charge is 0.376 e. The van der Waals surface area contributed by atoms with E-state index in [9.17, 15) is 29.1 Å². The van der Waals surface area contributed by atoms with Crippen molar-refractivity contribution < 1.29 is 43.8 Å². The number of nitrogen functional groups attached to an aromatic ring is 1. The number of β-lactam (4-membered cyclic amide) rings is 1. The number of thiazole rings is 1. The number of aliphatic carboxylic acids is 2. The van der Waals surface area contributed by atoms with E-state index >= 15 is 0 Å². The zero-order valence-electron chi connectivity index (χ0n) is 24.9. The van der Waals surface area contributed by atoms with E-state index in [1.807, 2.05) is 0 Å². The number of carboxylic acid groups (broad SMARTS) is 2. The van der Waals surface area contributed by atoms with Crippen molar-refractivity contribution >= 4 is 75.4 Å². The Kier molecular flexibility index (Phi) is 11.0. The van der Waals surface area contributed by atoms with Crippen molar-refractivity contribution in [2.45, 2.75) is 37.3 Å². The first kappa shape index (κ1) is 35.1. The third-order valence-electron chi connectivity index (χ3n) is 6.01. The van der Waals surface area contributed by atoms with Crippen LogP contribution in [0, 0.1) is 5.41 Å². The lowest BCUT2D eigenvalue weighted by atomic mass is 9.98. The molecule has 0 unspecified atom stereocenters. The van der Waals surface area contributed by atoms with Crippen molar-refractivity contribution in [3.63, 3.8) is 0 Å². The number of hydrogen-bond donors (Lipinski definition) is 4. The van der Waals surface area contributed by atoms with E-state index in [1.165, 1.54) is 24.2 Å². The number of nitrogens with one attached hydrogen (secondary N) is 1. The number of anilines is 1. The van der Waals surface area contributed by atoms with E-state index in [4.69, 9.17) is 15.7 Å². The Hall–Kier alpha value is -4.43. The van der Waals surface area contributed by atoms with Crippen LogP contribution in [0.5, 0.6) is 0 Å². The fraction of sp³-hybridized carbons (Fsp3) is 0.400. The first-order valence-electron chi connectivity index (χ1n) is 12.7. The minimum absolute atomic E-state index is 0.0208. The maximum Gasteiger partial charge on any atom is 0.376 e. The standard InChI is InChI=1S/C20H20N8O7S3.C5H10O2/c1-7-8(5-37-20-25-24-13(27(20)2)18(33)34-3)12(17(31)32)28-15(30)11(16(28)38-7)23-14(29)10(26-35-4)9-6-36-19(21)22-9;1-5(2,3)4(6)7/h6,11,16H,1,5H2,2-4H3,(H2,21,22)(H,23,29)(H,31,32);1-3H3,(H,6,7)/b26-10-;/t11-,16-;/m1./s1. The fourth-order valence-corrected chi connectivity index (χ4v) is 6.42. The van der Waals surface area contributed by atoms with E-state index in [0.29, 0.717) is 15.6 Å². The maximum atomic E-state index is 13.0. The number of nitrogens with zero attached hydrogens (tertiary/aromatic N) is 6. The number of amides is 2. The number of methoxy groups -OCH3 is 1. The monoisotopic (exact) mass is 682 g/mol. The highest BCUT2D eigenvalue weighted by molar-refractivity contribution is 8.04. The molecule has 2 aliphatic heterocycles. The highest BCUT2D eigenvalue weighted by Crippen LogP contribution is 2.47. The molecule has 0 bridgehead atoms. The van der Waals surface area contributed by atoms with E-state index < -0.39 is 46.6 Å². The van der Waals surface area contributed by atoms with Crippen LogP contribution in [0.15, 0.2) is 38.4 Å². The summed E-state index contributed by atoms with van der Waals surface area (Å²) in [5.74, 6) is -4.08. The predicted molar refractivity (Wildman–Crippen MR) is 164 cm³/mol. The van der Waals surface area contributed by atoms with Gasteiger partial charge in [0.25, 0.3) is 11.8 Å². The number of oxime groups is 1. The second kappa shape index (κ2) is 14.1. The number of esters is 1. The largest absolute Gasteiger partial charge is 0.481 e. The number of carbonyl (C=O) groups excluding carboxylic acids is 3. The minimum Gasteiger partial charge on any atom is -0.481 e. The topological polar surface area (TPSA) is 242 Å². The summed E-state index contributed by atoms with van der Waals surface area (Å²) in [4.78, 5) is 70.2. The molecule has 0 spiro atoms. The van der Waals surface area contributed by atoms with Gasteiger partial charge in [0.2, 0.25) is 5.82 Å². The first-order chi connectivity index (χ1) is 21.0. The zero-order valence-corrected chi connectivity index (χ0v) is 27.3. The van der Waals surface area contributed by atoms with Crippen molar-refractivity contribution in [1.29, 1.82) is 0 Å². The van der Waals surface area contributed by atoms with Gasteiger partial charge in [0.15, 0.2) is 16.0 Å². The lowest BCUT2D eigenvalue weighted by molar-refractivity contribution is -0.150. The maximum absolute atomic E-state index is 13.0. The number of hydrogen-bond acceptors (Lipinski definition) is 15. The summed E-state index contributed by atoms with van der Waals surface area (Å²) in [6, 6.07) is -1.05. The lowest BCUT2D eigenvalue weighted by Gasteiger charge is -2.49. The van der Waals surface area contributed by atoms with Gasteiger partial charge in [-0.2, -0.15) is 0 Å². The molecule has 0 aromatic carbocycles. The molecule has 242 valence electrons. The number of carbonyl (C=O) groups is 5. The Morgan fingerprint density at radius 1 is 1.22 bits per heavy atom. The number of thioether (sulfide) groups is 2. The van der Waals surface area contributed by atoms with E-state index in [1.54, 1.807) is 27.8 Å². The molecule has 4 heterocycles. The molecule has 2 aliphatic rings. The highest BCUT2D eigenvalue weighted by atomic mass is 32.2. The van der Waals surface area contributed by atoms with Crippen LogP contribution in [0.3, 0.4) is 0 Å². The van der Waals surface area contributed by atoms with E-state index in [-0.39, 0.29) is 33.8 Å². The van der Waals surface area contributed by atoms with E-state index in [2.05, 4.69) is 37.0 Å². The van der Waals surface area contributed by atoms with Gasteiger partial charge < -0.3 is 30.8 Å². The average molecular weight is 683 g/mol. The molecule has 0 radical (unpaired) electrons. The SMILES string of the molecule is C=C1S[C@@H]2[C@H](NC(=O)/C(=N\OC)c3csc(N)n3)C(=O)N2C(C(=O)O)=C1CSc1nnc(C(=O)OC)n1C.CC(C)(C)C(=O)O. The number of carboxylic acids is 2. The predicted octanol–water partition coefficient (Wildman–Crippen LogP) is 1.15. The van der Waals surface area contributed by atoms with Gasteiger partial charge in [-0.1, -0.05) is 35.3 Å². The molecule has 2 aromatic rings. The number of rotatable bonds is 9. The summed E-state index contributed by atoms with van der Waals surface area (Å²) in [5.41, 5.74) is 5.08. The van der Waals surface area contributed by atoms with Crippen molar-refractivity contribution in [1.82, 2.24) is 30.0 Å². The van der Waals surface area contributed by atoms with Crippen molar-refractivity contribution in [2.24, 2.45) is 17.6 Å². The van der Waals surface area contributed by atoms with Gasteiger partial charge in [-0.25, -0.2) is 14.6 Å². The third-order valence-corrected chi connectivity index (χ3v) is 8.99.